The van der Waals surface area contributed by atoms with Crippen molar-refractivity contribution in [3.05, 3.63) is 24.3 Å². The average Bonchev–Trinajstić information content (AvgIpc) is 3.19. The minimum absolute atomic E-state index is 0. The summed E-state index contributed by atoms with van der Waals surface area (Å²) in [6, 6.07) is 7.58. The molecular weight excluding hydrogens is 354 g/mol. The van der Waals surface area contributed by atoms with Crippen LogP contribution in [0, 0.1) is 5.92 Å². The molecule has 1 aromatic rings. The molecule has 0 saturated carbocycles. The smallest absolute Gasteiger partial charge is 0.263 e. The molecule has 1 aromatic carbocycles. The van der Waals surface area contributed by atoms with E-state index in [0.29, 0.717) is 12.3 Å². The summed E-state index contributed by atoms with van der Waals surface area (Å²) in [5.74, 6) is 0.485. The van der Waals surface area contributed by atoms with Crippen LogP contribution in [0.15, 0.2) is 24.3 Å². The number of nitrogens with zero attached hydrogens (tertiary/aromatic N) is 1. The molecule has 144 valence electrons. The lowest BCUT2D eigenvalue weighted by molar-refractivity contribution is -0.129. The van der Waals surface area contributed by atoms with Crippen LogP contribution in [0.3, 0.4) is 0 Å². The van der Waals surface area contributed by atoms with E-state index in [2.05, 4.69) is 10.6 Å². The van der Waals surface area contributed by atoms with Gasteiger partial charge in [0.1, 0.15) is 5.75 Å². The van der Waals surface area contributed by atoms with Crippen LogP contribution in [0.5, 0.6) is 5.75 Å². The Morgan fingerprint density at radius 1 is 1.31 bits per heavy atom. The molecular formula is C19H28ClN3O3. The molecule has 0 aromatic heterocycles. The molecule has 2 atom stereocenters. The van der Waals surface area contributed by atoms with Gasteiger partial charge in [0, 0.05) is 12.6 Å². The third-order valence-corrected chi connectivity index (χ3v) is 5.07. The highest BCUT2D eigenvalue weighted by Crippen LogP contribution is 2.34. The third-order valence-electron chi connectivity index (χ3n) is 5.07. The van der Waals surface area contributed by atoms with Gasteiger partial charge in [-0.1, -0.05) is 26.0 Å². The highest BCUT2D eigenvalue weighted by Gasteiger charge is 2.37. The van der Waals surface area contributed by atoms with Gasteiger partial charge in [0.15, 0.2) is 6.10 Å². The van der Waals surface area contributed by atoms with Gasteiger partial charge in [0.25, 0.3) is 5.91 Å². The molecule has 2 amide bonds. The van der Waals surface area contributed by atoms with Crippen molar-refractivity contribution >= 4 is 29.9 Å². The third kappa shape index (κ3) is 4.30. The predicted octanol–water partition coefficient (Wildman–Crippen LogP) is 2.12. The molecule has 26 heavy (non-hydrogen) atoms. The van der Waals surface area contributed by atoms with Crippen LogP contribution in [0.25, 0.3) is 0 Å². The second-order valence-corrected chi connectivity index (χ2v) is 6.73. The number of anilines is 1. The van der Waals surface area contributed by atoms with Gasteiger partial charge in [-0.15, -0.1) is 12.4 Å². The van der Waals surface area contributed by atoms with E-state index < -0.39 is 6.10 Å². The van der Waals surface area contributed by atoms with Crippen LogP contribution in [-0.2, 0) is 9.59 Å². The second-order valence-electron chi connectivity index (χ2n) is 6.73. The molecule has 0 bridgehead atoms. The molecule has 0 radical (unpaired) electrons. The first-order chi connectivity index (χ1) is 12.1. The van der Waals surface area contributed by atoms with E-state index in [9.17, 15) is 9.59 Å². The van der Waals surface area contributed by atoms with E-state index >= 15 is 0 Å². The number of fused-ring (bicyclic) bond motifs is 1. The lowest BCUT2D eigenvalue weighted by Gasteiger charge is -2.35. The highest BCUT2D eigenvalue weighted by atomic mass is 35.5. The number of hydrogen-bond donors (Lipinski definition) is 2. The lowest BCUT2D eigenvalue weighted by Crippen LogP contribution is -2.53. The number of carbonyl (C=O) groups is 2. The Balaban J connectivity index is 0.00000243. The summed E-state index contributed by atoms with van der Waals surface area (Å²) < 4.78 is 5.91. The summed E-state index contributed by atoms with van der Waals surface area (Å²) in [5.41, 5.74) is 0.756. The molecule has 3 rings (SSSR count). The van der Waals surface area contributed by atoms with Crippen LogP contribution >= 0.6 is 12.4 Å². The summed E-state index contributed by atoms with van der Waals surface area (Å²) in [6.45, 7) is 5.92. The first-order valence-corrected chi connectivity index (χ1v) is 9.22. The van der Waals surface area contributed by atoms with Gasteiger partial charge in [0.2, 0.25) is 5.91 Å². The Hall–Kier alpha value is -1.79. The quantitative estimate of drug-likeness (QED) is 0.819. The van der Waals surface area contributed by atoms with E-state index in [4.69, 9.17) is 4.74 Å². The number of amides is 2. The summed E-state index contributed by atoms with van der Waals surface area (Å²) in [4.78, 5) is 27.3. The second kappa shape index (κ2) is 9.24. The van der Waals surface area contributed by atoms with E-state index in [0.717, 1.165) is 31.5 Å². The molecule has 0 aliphatic carbocycles. The Labute approximate surface area is 161 Å². The number of ether oxygens (including phenoxy) is 1. The summed E-state index contributed by atoms with van der Waals surface area (Å²) >= 11 is 0. The number of nitrogens with one attached hydrogen (secondary N) is 2. The zero-order valence-electron chi connectivity index (χ0n) is 15.4. The van der Waals surface area contributed by atoms with Crippen LogP contribution < -0.4 is 20.3 Å². The van der Waals surface area contributed by atoms with Gasteiger partial charge < -0.3 is 20.3 Å². The molecule has 6 nitrogen and oxygen atoms in total. The van der Waals surface area contributed by atoms with Crippen molar-refractivity contribution in [1.82, 2.24) is 10.6 Å². The normalized spacial score (nSPS) is 21.6. The van der Waals surface area contributed by atoms with Gasteiger partial charge in [-0.2, -0.15) is 0 Å². The minimum atomic E-state index is -0.672. The van der Waals surface area contributed by atoms with E-state index in [1.54, 1.807) is 4.90 Å². The van der Waals surface area contributed by atoms with Gasteiger partial charge in [-0.05, 0) is 37.9 Å². The maximum atomic E-state index is 13.0. The number of hydrogen-bond acceptors (Lipinski definition) is 4. The zero-order chi connectivity index (χ0) is 17.8. The van der Waals surface area contributed by atoms with Crippen molar-refractivity contribution in [2.75, 3.05) is 24.5 Å². The van der Waals surface area contributed by atoms with Gasteiger partial charge >= 0.3 is 0 Å². The largest absolute Gasteiger partial charge is 0.477 e. The molecule has 1 fully saturated rings. The zero-order valence-corrected chi connectivity index (χ0v) is 16.2. The Kier molecular flexibility index (Phi) is 7.29. The summed E-state index contributed by atoms with van der Waals surface area (Å²) in [6.07, 6.45) is 1.92. The molecule has 7 heteroatoms. The summed E-state index contributed by atoms with van der Waals surface area (Å²) in [5, 5.41) is 6.27. The Bertz CT molecular complexity index is 630. The predicted molar refractivity (Wildman–Crippen MR) is 104 cm³/mol. The fourth-order valence-corrected chi connectivity index (χ4v) is 3.45. The van der Waals surface area contributed by atoms with Crippen molar-refractivity contribution in [1.29, 1.82) is 0 Å². The Morgan fingerprint density at radius 2 is 2.04 bits per heavy atom. The number of carbonyl (C=O) groups excluding carboxylic acids is 2. The average molecular weight is 382 g/mol. The number of halogens is 1. The minimum Gasteiger partial charge on any atom is -0.477 e. The van der Waals surface area contributed by atoms with Crippen molar-refractivity contribution in [2.24, 2.45) is 5.92 Å². The molecule has 0 spiro atoms. The number of rotatable bonds is 5. The van der Waals surface area contributed by atoms with Crippen LogP contribution in [-0.4, -0.2) is 43.6 Å². The maximum Gasteiger partial charge on any atom is 0.263 e. The molecule has 2 aliphatic rings. The standard InChI is InChI=1S/C19H27N3O3.ClH/c1-3-14(4-2)21-18(23)17-12-22(19(24)13-9-10-20-11-13)15-7-5-6-8-16(15)25-17;/h5-8,13-14,17,20H,3-4,9-12H2,1-2H3,(H,21,23);1H. The molecule has 1 saturated heterocycles. The fourth-order valence-electron chi connectivity index (χ4n) is 3.45. The van der Waals surface area contributed by atoms with Crippen LogP contribution in [0.1, 0.15) is 33.1 Å². The number of benzene rings is 1. The SMILES string of the molecule is CCC(CC)NC(=O)C1CN(C(=O)C2CCNC2)c2ccccc2O1.Cl. The van der Waals surface area contributed by atoms with E-state index in [1.165, 1.54) is 0 Å². The lowest BCUT2D eigenvalue weighted by atomic mass is 10.0. The monoisotopic (exact) mass is 381 g/mol. The van der Waals surface area contributed by atoms with E-state index in [1.807, 2.05) is 38.1 Å². The molecule has 2 aliphatic heterocycles. The van der Waals surface area contributed by atoms with Crippen molar-refractivity contribution in [2.45, 2.75) is 45.3 Å². The molecule has 2 unspecified atom stereocenters. The first-order valence-electron chi connectivity index (χ1n) is 9.22. The van der Waals surface area contributed by atoms with Crippen molar-refractivity contribution in [3.63, 3.8) is 0 Å². The van der Waals surface area contributed by atoms with Crippen LogP contribution in [0.2, 0.25) is 0 Å². The number of para-hydroxylation sites is 2. The molecule has 2 N–H and O–H groups in total. The Morgan fingerprint density at radius 3 is 2.69 bits per heavy atom. The van der Waals surface area contributed by atoms with Crippen molar-refractivity contribution < 1.29 is 14.3 Å². The van der Waals surface area contributed by atoms with Gasteiger partial charge in [-0.25, -0.2) is 0 Å². The molecule has 2 heterocycles. The van der Waals surface area contributed by atoms with Crippen LogP contribution in [0.4, 0.5) is 5.69 Å². The highest BCUT2D eigenvalue weighted by molar-refractivity contribution is 5.98. The van der Waals surface area contributed by atoms with Gasteiger partial charge in [-0.3, -0.25) is 9.59 Å². The maximum absolute atomic E-state index is 13.0. The first kappa shape index (κ1) is 20.5. The van der Waals surface area contributed by atoms with E-state index in [-0.39, 0.29) is 42.7 Å². The topological polar surface area (TPSA) is 70.7 Å². The van der Waals surface area contributed by atoms with Gasteiger partial charge in [0.05, 0.1) is 18.2 Å². The summed E-state index contributed by atoms with van der Waals surface area (Å²) in [7, 11) is 0. The van der Waals surface area contributed by atoms with Crippen molar-refractivity contribution in [3.8, 4) is 5.75 Å². The fraction of sp³-hybridized carbons (Fsp3) is 0.579.